The molecule has 0 saturated heterocycles. The lowest BCUT2D eigenvalue weighted by atomic mass is 9.98. The van der Waals surface area contributed by atoms with E-state index in [0.717, 1.165) is 12.8 Å². The zero-order chi connectivity index (χ0) is 15.3. The van der Waals surface area contributed by atoms with Gasteiger partial charge in [0.15, 0.2) is 0 Å². The van der Waals surface area contributed by atoms with Crippen LogP contribution in [-0.4, -0.2) is 23.0 Å². The molecule has 0 radical (unpaired) electrons. The van der Waals surface area contributed by atoms with Crippen LogP contribution in [0.5, 0.6) is 0 Å². The van der Waals surface area contributed by atoms with Gasteiger partial charge in [-0.3, -0.25) is 9.59 Å². The zero-order valence-corrected chi connectivity index (χ0v) is 13.2. The fraction of sp³-hybridized carbons (Fsp3) is 0.882. The minimum absolute atomic E-state index is 0.0216. The highest BCUT2D eigenvalue weighted by atomic mass is 16.4. The van der Waals surface area contributed by atoms with Crippen LogP contribution in [0.25, 0.3) is 0 Å². The molecule has 0 unspecified atom stereocenters. The normalized spacial score (nSPS) is 19.2. The molecule has 2 N–H and O–H groups in total. The van der Waals surface area contributed by atoms with E-state index in [-0.39, 0.29) is 12.3 Å². The van der Waals surface area contributed by atoms with Crippen LogP contribution >= 0.6 is 0 Å². The summed E-state index contributed by atoms with van der Waals surface area (Å²) in [6, 6.07) is 0.293. The van der Waals surface area contributed by atoms with E-state index in [1.165, 1.54) is 57.8 Å². The van der Waals surface area contributed by atoms with Crippen LogP contribution in [0, 0.1) is 0 Å². The van der Waals surface area contributed by atoms with Crippen molar-refractivity contribution in [2.75, 3.05) is 0 Å². The Morgan fingerprint density at radius 2 is 1.29 bits per heavy atom. The van der Waals surface area contributed by atoms with Gasteiger partial charge in [0.25, 0.3) is 0 Å². The van der Waals surface area contributed by atoms with Crippen molar-refractivity contribution < 1.29 is 14.7 Å². The Hall–Kier alpha value is -1.06. The van der Waals surface area contributed by atoms with Gasteiger partial charge in [-0.25, -0.2) is 0 Å². The predicted molar refractivity (Wildman–Crippen MR) is 84.2 cm³/mol. The van der Waals surface area contributed by atoms with Gasteiger partial charge in [0, 0.05) is 18.9 Å². The van der Waals surface area contributed by atoms with Crippen molar-refractivity contribution in [2.24, 2.45) is 0 Å². The third kappa shape index (κ3) is 10.3. The number of carboxylic acid groups (broad SMARTS) is 1. The summed E-state index contributed by atoms with van der Waals surface area (Å²) in [5.74, 6) is -0.804. The number of carbonyl (C=O) groups excluding carboxylic acids is 1. The summed E-state index contributed by atoms with van der Waals surface area (Å²) >= 11 is 0. The summed E-state index contributed by atoms with van der Waals surface area (Å²) in [7, 11) is 0. The fourth-order valence-corrected chi connectivity index (χ4v) is 3.01. The van der Waals surface area contributed by atoms with E-state index in [9.17, 15) is 9.59 Å². The van der Waals surface area contributed by atoms with Crippen LogP contribution < -0.4 is 5.32 Å². The van der Waals surface area contributed by atoms with Gasteiger partial charge in [0.2, 0.25) is 5.91 Å². The second-order valence-corrected chi connectivity index (χ2v) is 6.27. The average molecular weight is 297 g/mol. The fourth-order valence-electron chi connectivity index (χ4n) is 3.01. The number of hydrogen-bond acceptors (Lipinski definition) is 2. The second kappa shape index (κ2) is 11.6. The number of hydrogen-bond donors (Lipinski definition) is 2. The van der Waals surface area contributed by atoms with Gasteiger partial charge in [-0.1, -0.05) is 57.8 Å². The molecule has 4 heteroatoms. The molecule has 1 fully saturated rings. The van der Waals surface area contributed by atoms with E-state index in [1.54, 1.807) is 0 Å². The highest BCUT2D eigenvalue weighted by Crippen LogP contribution is 2.17. The number of carboxylic acids is 1. The van der Waals surface area contributed by atoms with Gasteiger partial charge >= 0.3 is 5.97 Å². The van der Waals surface area contributed by atoms with E-state index in [2.05, 4.69) is 5.32 Å². The van der Waals surface area contributed by atoms with Crippen molar-refractivity contribution in [3.8, 4) is 0 Å². The Balaban J connectivity index is 2.26. The summed E-state index contributed by atoms with van der Waals surface area (Å²) in [6.07, 6.45) is 14.7. The molecule has 122 valence electrons. The van der Waals surface area contributed by atoms with Crippen LogP contribution in [-0.2, 0) is 9.59 Å². The van der Waals surface area contributed by atoms with Crippen LogP contribution in [0.4, 0.5) is 0 Å². The van der Waals surface area contributed by atoms with Crippen LogP contribution in [0.1, 0.15) is 89.9 Å². The Kier molecular flexibility index (Phi) is 9.92. The summed E-state index contributed by atoms with van der Waals surface area (Å²) in [4.78, 5) is 22.3. The standard InChI is InChI=1S/C17H31NO3/c19-16(13-10-14-17(20)21)18-15-11-8-6-4-2-1-3-5-7-9-12-15/h15H,1-14H2,(H,18,19)(H,20,21). The molecule has 0 bridgehead atoms. The monoisotopic (exact) mass is 297 g/mol. The zero-order valence-electron chi connectivity index (χ0n) is 13.2. The molecule has 1 amide bonds. The Labute approximate surface area is 128 Å². The first-order chi connectivity index (χ1) is 10.2. The quantitative estimate of drug-likeness (QED) is 0.805. The molecule has 0 aromatic carbocycles. The number of rotatable bonds is 5. The van der Waals surface area contributed by atoms with E-state index >= 15 is 0 Å². The molecular weight excluding hydrogens is 266 g/mol. The number of carbonyl (C=O) groups is 2. The van der Waals surface area contributed by atoms with E-state index in [0.29, 0.717) is 18.9 Å². The Morgan fingerprint density at radius 3 is 1.76 bits per heavy atom. The maximum atomic E-state index is 11.9. The maximum absolute atomic E-state index is 11.9. The maximum Gasteiger partial charge on any atom is 0.303 e. The lowest BCUT2D eigenvalue weighted by molar-refractivity contribution is -0.137. The lowest BCUT2D eigenvalue weighted by Gasteiger charge is -2.19. The van der Waals surface area contributed by atoms with Crippen LogP contribution in [0.15, 0.2) is 0 Å². The molecule has 0 atom stereocenters. The predicted octanol–water partition coefficient (Wildman–Crippen LogP) is 4.03. The minimum Gasteiger partial charge on any atom is -0.481 e. The van der Waals surface area contributed by atoms with Crippen molar-refractivity contribution in [3.63, 3.8) is 0 Å². The highest BCUT2D eigenvalue weighted by Gasteiger charge is 2.12. The molecule has 0 aromatic heterocycles. The molecule has 0 aromatic rings. The van der Waals surface area contributed by atoms with Crippen molar-refractivity contribution >= 4 is 11.9 Å². The largest absolute Gasteiger partial charge is 0.481 e. The molecule has 21 heavy (non-hydrogen) atoms. The topological polar surface area (TPSA) is 66.4 Å². The van der Waals surface area contributed by atoms with E-state index < -0.39 is 5.97 Å². The Bertz CT molecular complexity index is 292. The third-order valence-corrected chi connectivity index (χ3v) is 4.26. The smallest absolute Gasteiger partial charge is 0.303 e. The first-order valence-corrected chi connectivity index (χ1v) is 8.69. The lowest BCUT2D eigenvalue weighted by Crippen LogP contribution is -2.34. The molecular formula is C17H31NO3. The van der Waals surface area contributed by atoms with Crippen molar-refractivity contribution in [3.05, 3.63) is 0 Å². The summed E-state index contributed by atoms with van der Waals surface area (Å²) in [5.41, 5.74) is 0. The van der Waals surface area contributed by atoms with Crippen molar-refractivity contribution in [2.45, 2.75) is 95.9 Å². The molecule has 0 heterocycles. The van der Waals surface area contributed by atoms with Gasteiger partial charge in [-0.05, 0) is 19.3 Å². The number of amides is 1. The molecule has 1 aliphatic rings. The molecule has 4 nitrogen and oxygen atoms in total. The van der Waals surface area contributed by atoms with Gasteiger partial charge in [-0.2, -0.15) is 0 Å². The molecule has 1 aliphatic carbocycles. The molecule has 0 spiro atoms. The third-order valence-electron chi connectivity index (χ3n) is 4.26. The number of aliphatic carboxylic acids is 1. The van der Waals surface area contributed by atoms with Gasteiger partial charge in [0.05, 0.1) is 0 Å². The van der Waals surface area contributed by atoms with Gasteiger partial charge < -0.3 is 10.4 Å². The van der Waals surface area contributed by atoms with E-state index in [1.807, 2.05) is 0 Å². The van der Waals surface area contributed by atoms with Gasteiger partial charge in [0.1, 0.15) is 0 Å². The molecule has 0 aliphatic heterocycles. The minimum atomic E-state index is -0.825. The van der Waals surface area contributed by atoms with Crippen LogP contribution in [0.2, 0.25) is 0 Å². The molecule has 1 rings (SSSR count). The van der Waals surface area contributed by atoms with Gasteiger partial charge in [-0.15, -0.1) is 0 Å². The highest BCUT2D eigenvalue weighted by molar-refractivity contribution is 5.77. The second-order valence-electron chi connectivity index (χ2n) is 6.27. The summed E-state index contributed by atoms with van der Waals surface area (Å²) < 4.78 is 0. The first kappa shape index (κ1) is 18.0. The SMILES string of the molecule is O=C(O)CCCC(=O)NC1CCCCCCCCCCC1. The summed E-state index contributed by atoms with van der Waals surface area (Å²) in [6.45, 7) is 0. The Morgan fingerprint density at radius 1 is 0.810 bits per heavy atom. The van der Waals surface area contributed by atoms with E-state index in [4.69, 9.17) is 5.11 Å². The van der Waals surface area contributed by atoms with Crippen LogP contribution in [0.3, 0.4) is 0 Å². The van der Waals surface area contributed by atoms with Crippen molar-refractivity contribution in [1.29, 1.82) is 0 Å². The summed E-state index contributed by atoms with van der Waals surface area (Å²) in [5, 5.41) is 11.7. The molecule has 1 saturated carbocycles. The number of nitrogens with one attached hydrogen (secondary N) is 1. The average Bonchev–Trinajstić information content (AvgIpc) is 2.41. The van der Waals surface area contributed by atoms with Crippen molar-refractivity contribution in [1.82, 2.24) is 5.32 Å². The first-order valence-electron chi connectivity index (χ1n) is 8.69.